The first kappa shape index (κ1) is 22.0. The van der Waals surface area contributed by atoms with Crippen LogP contribution in [-0.2, 0) is 29.0 Å². The zero-order valence-electron chi connectivity index (χ0n) is 19.2. The third kappa shape index (κ3) is 4.21. The molecule has 1 aliphatic carbocycles. The lowest BCUT2D eigenvalue weighted by atomic mass is 9.86. The van der Waals surface area contributed by atoms with Crippen LogP contribution in [0, 0.1) is 5.92 Å². The highest BCUT2D eigenvalue weighted by Crippen LogP contribution is 2.35. The number of carbonyl (C=O) groups excluding carboxylic acids is 2. The zero-order chi connectivity index (χ0) is 23.5. The number of rotatable bonds is 6. The van der Waals surface area contributed by atoms with E-state index in [0.29, 0.717) is 31.4 Å². The number of benzene rings is 3. The summed E-state index contributed by atoms with van der Waals surface area (Å²) in [5.74, 6) is 0.293. The molecule has 0 saturated heterocycles. The number of nitrogens with zero attached hydrogens (tertiary/aromatic N) is 1. The molecule has 172 valence electrons. The highest BCUT2D eigenvalue weighted by Gasteiger charge is 2.32. The Morgan fingerprint density at radius 2 is 1.68 bits per heavy atom. The van der Waals surface area contributed by atoms with E-state index in [1.807, 2.05) is 78.2 Å². The molecule has 1 unspecified atom stereocenters. The number of fused-ring (bicyclic) bond motifs is 3. The average molecular weight is 454 g/mol. The molecule has 1 heterocycles. The van der Waals surface area contributed by atoms with Crippen molar-refractivity contribution in [2.75, 3.05) is 6.61 Å². The van der Waals surface area contributed by atoms with Crippen LogP contribution < -0.4 is 4.74 Å². The maximum atomic E-state index is 13.6. The van der Waals surface area contributed by atoms with Crippen molar-refractivity contribution in [3.05, 3.63) is 101 Å². The summed E-state index contributed by atoms with van der Waals surface area (Å²) in [6.07, 6.45) is 1.89. The van der Waals surface area contributed by atoms with Gasteiger partial charge >= 0.3 is 5.97 Å². The molecule has 1 atom stereocenters. The molecular formula is C29H27NO4. The molecule has 4 aromatic rings. The van der Waals surface area contributed by atoms with Gasteiger partial charge in [-0.1, -0.05) is 48.5 Å². The Morgan fingerprint density at radius 3 is 2.44 bits per heavy atom. The minimum atomic E-state index is -0.212. The summed E-state index contributed by atoms with van der Waals surface area (Å²) in [5, 5.41) is 1.03. The molecule has 1 aliphatic rings. The number of esters is 1. The maximum Gasteiger partial charge on any atom is 0.309 e. The molecular weight excluding hydrogens is 426 g/mol. The lowest BCUT2D eigenvalue weighted by Crippen LogP contribution is -2.26. The fraction of sp³-hybridized carbons (Fsp3) is 0.241. The predicted octanol–water partition coefficient (Wildman–Crippen LogP) is 5.58. The van der Waals surface area contributed by atoms with E-state index >= 15 is 0 Å². The number of hydrogen-bond donors (Lipinski definition) is 0. The second-order valence-electron chi connectivity index (χ2n) is 8.57. The van der Waals surface area contributed by atoms with E-state index < -0.39 is 0 Å². The maximum absolute atomic E-state index is 13.6. The SMILES string of the molecule is CCOc1ccc(C(=O)n2c3c(c4ccccc42)CC(C(=O)OCc2ccccc2)CC3)cc1. The number of ether oxygens (including phenoxy) is 2. The van der Waals surface area contributed by atoms with Crippen LogP contribution in [-0.4, -0.2) is 23.1 Å². The van der Waals surface area contributed by atoms with Crippen LogP contribution in [0.2, 0.25) is 0 Å². The smallest absolute Gasteiger partial charge is 0.309 e. The Kier molecular flexibility index (Phi) is 6.17. The molecule has 0 radical (unpaired) electrons. The molecule has 0 fully saturated rings. The van der Waals surface area contributed by atoms with E-state index in [1.54, 1.807) is 12.1 Å². The van der Waals surface area contributed by atoms with Gasteiger partial charge in [0.15, 0.2) is 0 Å². The van der Waals surface area contributed by atoms with E-state index in [-0.39, 0.29) is 24.4 Å². The van der Waals surface area contributed by atoms with Crippen LogP contribution in [0.4, 0.5) is 0 Å². The summed E-state index contributed by atoms with van der Waals surface area (Å²) in [4.78, 5) is 26.4. The first-order valence-corrected chi connectivity index (χ1v) is 11.7. The topological polar surface area (TPSA) is 57.5 Å². The average Bonchev–Trinajstić information content (AvgIpc) is 3.22. The minimum Gasteiger partial charge on any atom is -0.494 e. The second-order valence-corrected chi connectivity index (χ2v) is 8.57. The molecule has 5 heteroatoms. The minimum absolute atomic E-state index is 0.0643. The van der Waals surface area contributed by atoms with Gasteiger partial charge in [-0.25, -0.2) is 0 Å². The number of hydrogen-bond acceptors (Lipinski definition) is 4. The molecule has 5 nitrogen and oxygen atoms in total. The van der Waals surface area contributed by atoms with Crippen LogP contribution in [0.25, 0.3) is 10.9 Å². The third-order valence-electron chi connectivity index (χ3n) is 6.44. The van der Waals surface area contributed by atoms with Crippen molar-refractivity contribution in [1.82, 2.24) is 4.57 Å². The van der Waals surface area contributed by atoms with Crippen LogP contribution in [0.3, 0.4) is 0 Å². The molecule has 3 aromatic carbocycles. The fourth-order valence-corrected chi connectivity index (χ4v) is 4.78. The first-order chi connectivity index (χ1) is 16.7. The molecule has 5 rings (SSSR count). The molecule has 0 aliphatic heterocycles. The monoisotopic (exact) mass is 453 g/mol. The molecule has 0 spiro atoms. The van der Waals surface area contributed by atoms with Gasteiger partial charge in [0.2, 0.25) is 0 Å². The van der Waals surface area contributed by atoms with E-state index in [2.05, 4.69) is 0 Å². The molecule has 0 bridgehead atoms. The van der Waals surface area contributed by atoms with Gasteiger partial charge in [0, 0.05) is 16.6 Å². The standard InChI is InChI=1S/C29H27NO4/c1-2-33-23-15-12-21(13-16-23)28(31)30-26-11-7-6-10-24(26)25-18-22(14-17-27(25)30)29(32)34-19-20-8-4-3-5-9-20/h3-13,15-16,22H,2,14,17-19H2,1H3. The van der Waals surface area contributed by atoms with Crippen molar-refractivity contribution in [3.63, 3.8) is 0 Å². The van der Waals surface area contributed by atoms with E-state index in [4.69, 9.17) is 9.47 Å². The van der Waals surface area contributed by atoms with Gasteiger partial charge in [-0.15, -0.1) is 0 Å². The van der Waals surface area contributed by atoms with Crippen LogP contribution in [0.5, 0.6) is 5.75 Å². The Labute approximate surface area is 198 Å². The van der Waals surface area contributed by atoms with Crippen molar-refractivity contribution < 1.29 is 19.1 Å². The molecule has 34 heavy (non-hydrogen) atoms. The Morgan fingerprint density at radius 1 is 0.941 bits per heavy atom. The highest BCUT2D eigenvalue weighted by molar-refractivity contribution is 6.04. The number of aromatic nitrogens is 1. The Hall–Kier alpha value is -3.86. The molecule has 0 amide bonds. The van der Waals surface area contributed by atoms with E-state index in [1.165, 1.54) is 0 Å². The van der Waals surface area contributed by atoms with Crippen LogP contribution >= 0.6 is 0 Å². The van der Waals surface area contributed by atoms with Crippen molar-refractivity contribution in [2.24, 2.45) is 5.92 Å². The normalized spacial score (nSPS) is 15.0. The van der Waals surface area contributed by atoms with Crippen LogP contribution in [0.15, 0.2) is 78.9 Å². The predicted molar refractivity (Wildman–Crippen MR) is 131 cm³/mol. The summed E-state index contributed by atoms with van der Waals surface area (Å²) in [6, 6.07) is 24.9. The van der Waals surface area contributed by atoms with Crippen molar-refractivity contribution in [2.45, 2.75) is 32.8 Å². The zero-order valence-corrected chi connectivity index (χ0v) is 19.2. The summed E-state index contributed by atoms with van der Waals surface area (Å²) < 4.78 is 13.0. The third-order valence-corrected chi connectivity index (χ3v) is 6.44. The number of para-hydroxylation sites is 1. The van der Waals surface area contributed by atoms with Gasteiger partial charge in [0.05, 0.1) is 18.0 Å². The van der Waals surface area contributed by atoms with E-state index in [0.717, 1.165) is 33.5 Å². The lowest BCUT2D eigenvalue weighted by Gasteiger charge is -2.22. The van der Waals surface area contributed by atoms with Gasteiger partial charge in [0.1, 0.15) is 12.4 Å². The van der Waals surface area contributed by atoms with Crippen LogP contribution in [0.1, 0.15) is 40.5 Å². The highest BCUT2D eigenvalue weighted by atomic mass is 16.5. The van der Waals surface area contributed by atoms with Gasteiger partial charge < -0.3 is 9.47 Å². The number of carbonyl (C=O) groups is 2. The fourth-order valence-electron chi connectivity index (χ4n) is 4.78. The van der Waals surface area contributed by atoms with Gasteiger partial charge in [-0.3, -0.25) is 14.2 Å². The second kappa shape index (κ2) is 9.56. The Balaban J connectivity index is 1.41. The summed E-state index contributed by atoms with van der Waals surface area (Å²) in [7, 11) is 0. The quantitative estimate of drug-likeness (QED) is 0.358. The van der Waals surface area contributed by atoms with Gasteiger partial charge in [-0.05, 0) is 67.6 Å². The van der Waals surface area contributed by atoms with Crippen molar-refractivity contribution in [3.8, 4) is 5.75 Å². The summed E-state index contributed by atoms with van der Waals surface area (Å²) in [5.41, 5.74) is 4.53. The van der Waals surface area contributed by atoms with Crippen molar-refractivity contribution in [1.29, 1.82) is 0 Å². The van der Waals surface area contributed by atoms with Crippen molar-refractivity contribution >= 4 is 22.8 Å². The van der Waals surface area contributed by atoms with Gasteiger partial charge in [-0.2, -0.15) is 0 Å². The lowest BCUT2D eigenvalue weighted by molar-refractivity contribution is -0.150. The Bertz CT molecular complexity index is 1320. The summed E-state index contributed by atoms with van der Waals surface area (Å²) in [6.45, 7) is 2.79. The first-order valence-electron chi connectivity index (χ1n) is 11.7. The molecule has 1 aromatic heterocycles. The molecule has 0 N–H and O–H groups in total. The largest absolute Gasteiger partial charge is 0.494 e. The van der Waals surface area contributed by atoms with E-state index in [9.17, 15) is 9.59 Å². The summed E-state index contributed by atoms with van der Waals surface area (Å²) >= 11 is 0. The van der Waals surface area contributed by atoms with Gasteiger partial charge in [0.25, 0.3) is 5.91 Å². The molecule has 0 saturated carbocycles.